The van der Waals surface area contributed by atoms with E-state index in [1.54, 1.807) is 29.2 Å². The summed E-state index contributed by atoms with van der Waals surface area (Å²) in [7, 11) is 0. The van der Waals surface area contributed by atoms with E-state index in [1.807, 2.05) is 38.1 Å². The summed E-state index contributed by atoms with van der Waals surface area (Å²) in [6.07, 6.45) is 0. The lowest BCUT2D eigenvalue weighted by atomic mass is 10.0. The lowest BCUT2D eigenvalue weighted by molar-refractivity contribution is 0.0730. The quantitative estimate of drug-likeness (QED) is 0.338. The molecule has 31 heavy (non-hydrogen) atoms. The fraction of sp³-hybridized carbons (Fsp3) is 0.154. The molecule has 4 aromatic rings. The molecule has 1 heterocycles. The van der Waals surface area contributed by atoms with E-state index in [-0.39, 0.29) is 11.7 Å². The van der Waals surface area contributed by atoms with Gasteiger partial charge in [-0.15, -0.1) is 0 Å². The van der Waals surface area contributed by atoms with Crippen LogP contribution in [0.2, 0.25) is 5.15 Å². The highest BCUT2D eigenvalue weighted by atomic mass is 35.5. The third kappa shape index (κ3) is 4.75. The van der Waals surface area contributed by atoms with Crippen molar-refractivity contribution < 1.29 is 9.18 Å². The van der Waals surface area contributed by atoms with E-state index in [0.717, 1.165) is 33.2 Å². The molecule has 0 unspecified atom stereocenters. The number of carbonyl (C=O) groups excluding carboxylic acids is 1. The molecule has 3 aromatic carbocycles. The van der Waals surface area contributed by atoms with Crippen LogP contribution in [0.1, 0.15) is 32.6 Å². The third-order valence-corrected chi connectivity index (χ3v) is 5.56. The van der Waals surface area contributed by atoms with E-state index < -0.39 is 0 Å². The molecular weight excluding hydrogens is 411 g/mol. The van der Waals surface area contributed by atoms with Crippen LogP contribution in [0, 0.1) is 19.7 Å². The van der Waals surface area contributed by atoms with E-state index in [2.05, 4.69) is 17.1 Å². The standard InChI is InChI=1S/C26H22ClFN2O/c1-17-12-18(2)24-21(13-17)14-22(25(27)29-24)16-30(15-19-8-10-23(28)11-9-19)26(31)20-6-4-3-5-7-20/h3-14H,15-16H2,1-2H3. The van der Waals surface area contributed by atoms with Crippen LogP contribution >= 0.6 is 11.6 Å². The second-order valence-corrected chi connectivity index (χ2v) is 8.10. The maximum Gasteiger partial charge on any atom is 0.254 e. The number of pyridine rings is 1. The zero-order valence-electron chi connectivity index (χ0n) is 17.4. The van der Waals surface area contributed by atoms with Gasteiger partial charge in [-0.05, 0) is 61.4 Å². The number of aromatic nitrogens is 1. The second kappa shape index (κ2) is 8.86. The first kappa shape index (κ1) is 21.0. The number of hydrogen-bond acceptors (Lipinski definition) is 2. The van der Waals surface area contributed by atoms with Crippen molar-refractivity contribution in [1.29, 1.82) is 0 Å². The number of benzene rings is 3. The van der Waals surface area contributed by atoms with Crippen molar-refractivity contribution in [2.75, 3.05) is 0 Å². The summed E-state index contributed by atoms with van der Waals surface area (Å²) in [5, 5.41) is 1.37. The molecule has 0 radical (unpaired) electrons. The van der Waals surface area contributed by atoms with Gasteiger partial charge in [0.15, 0.2) is 0 Å². The Hall–Kier alpha value is -3.24. The molecule has 0 fully saturated rings. The first-order valence-electron chi connectivity index (χ1n) is 10.1. The molecule has 0 bridgehead atoms. The first-order chi connectivity index (χ1) is 14.9. The molecule has 0 aliphatic heterocycles. The summed E-state index contributed by atoms with van der Waals surface area (Å²) in [4.78, 5) is 19.6. The average Bonchev–Trinajstić information content (AvgIpc) is 2.76. The highest BCUT2D eigenvalue weighted by Gasteiger charge is 2.19. The Labute approximate surface area is 186 Å². The van der Waals surface area contributed by atoms with Crippen molar-refractivity contribution in [3.63, 3.8) is 0 Å². The van der Waals surface area contributed by atoms with Crippen molar-refractivity contribution in [2.45, 2.75) is 26.9 Å². The van der Waals surface area contributed by atoms with Gasteiger partial charge in [0.05, 0.1) is 5.52 Å². The van der Waals surface area contributed by atoms with Gasteiger partial charge >= 0.3 is 0 Å². The predicted octanol–water partition coefficient (Wildman–Crippen LogP) is 6.49. The molecule has 0 atom stereocenters. The lowest BCUT2D eigenvalue weighted by Crippen LogP contribution is -2.30. The van der Waals surface area contributed by atoms with Gasteiger partial charge in [0.25, 0.3) is 5.91 Å². The van der Waals surface area contributed by atoms with Crippen LogP contribution in [-0.4, -0.2) is 15.8 Å². The molecule has 0 N–H and O–H groups in total. The molecule has 0 aliphatic rings. The molecule has 0 saturated carbocycles. The van der Waals surface area contributed by atoms with E-state index >= 15 is 0 Å². The van der Waals surface area contributed by atoms with Crippen LogP contribution in [0.15, 0.2) is 72.8 Å². The van der Waals surface area contributed by atoms with Crippen LogP contribution in [0.25, 0.3) is 10.9 Å². The summed E-state index contributed by atoms with van der Waals surface area (Å²) >= 11 is 6.53. The molecule has 1 aromatic heterocycles. The largest absolute Gasteiger partial charge is 0.330 e. The number of nitrogens with zero attached hydrogens (tertiary/aromatic N) is 2. The minimum absolute atomic E-state index is 0.124. The molecule has 0 saturated heterocycles. The minimum atomic E-state index is -0.308. The Balaban J connectivity index is 1.72. The predicted molar refractivity (Wildman–Crippen MR) is 123 cm³/mol. The highest BCUT2D eigenvalue weighted by molar-refractivity contribution is 6.30. The molecule has 156 valence electrons. The highest BCUT2D eigenvalue weighted by Crippen LogP contribution is 2.26. The Kier molecular flexibility index (Phi) is 6.01. The average molecular weight is 433 g/mol. The Morgan fingerprint density at radius 2 is 1.68 bits per heavy atom. The summed E-state index contributed by atoms with van der Waals surface area (Å²) in [6.45, 7) is 4.67. The number of fused-ring (bicyclic) bond motifs is 1. The summed E-state index contributed by atoms with van der Waals surface area (Å²) in [5.74, 6) is -0.432. The Morgan fingerprint density at radius 3 is 2.39 bits per heavy atom. The van der Waals surface area contributed by atoms with Gasteiger partial charge in [0.2, 0.25) is 0 Å². The van der Waals surface area contributed by atoms with Crippen molar-refractivity contribution >= 4 is 28.4 Å². The maximum absolute atomic E-state index is 13.4. The van der Waals surface area contributed by atoms with Crippen LogP contribution in [0.5, 0.6) is 0 Å². The summed E-state index contributed by atoms with van der Waals surface area (Å²) in [6, 6.07) is 21.4. The first-order valence-corrected chi connectivity index (χ1v) is 10.4. The molecule has 5 heteroatoms. The fourth-order valence-electron chi connectivity index (χ4n) is 3.76. The van der Waals surface area contributed by atoms with Gasteiger partial charge in [-0.3, -0.25) is 4.79 Å². The van der Waals surface area contributed by atoms with E-state index in [1.165, 1.54) is 12.1 Å². The van der Waals surface area contributed by atoms with Gasteiger partial charge in [0, 0.05) is 29.6 Å². The van der Waals surface area contributed by atoms with Crippen LogP contribution in [-0.2, 0) is 13.1 Å². The normalized spacial score (nSPS) is 11.0. The number of aryl methyl sites for hydroxylation is 2. The fourth-order valence-corrected chi connectivity index (χ4v) is 3.96. The molecule has 1 amide bonds. The number of rotatable bonds is 5. The van der Waals surface area contributed by atoms with Gasteiger partial charge in [0.1, 0.15) is 11.0 Å². The second-order valence-electron chi connectivity index (χ2n) is 7.75. The van der Waals surface area contributed by atoms with Crippen LogP contribution < -0.4 is 0 Å². The minimum Gasteiger partial charge on any atom is -0.330 e. The maximum atomic E-state index is 13.4. The summed E-state index contributed by atoms with van der Waals surface area (Å²) in [5.41, 5.74) is 5.25. The van der Waals surface area contributed by atoms with Gasteiger partial charge in [-0.2, -0.15) is 0 Å². The van der Waals surface area contributed by atoms with E-state index in [0.29, 0.717) is 23.8 Å². The molecule has 0 aliphatic carbocycles. The molecule has 3 nitrogen and oxygen atoms in total. The van der Waals surface area contributed by atoms with E-state index in [4.69, 9.17) is 11.6 Å². The van der Waals surface area contributed by atoms with Gasteiger partial charge in [-0.25, -0.2) is 9.37 Å². The number of hydrogen-bond donors (Lipinski definition) is 0. The third-order valence-electron chi connectivity index (χ3n) is 5.23. The number of halogens is 2. The Bertz CT molecular complexity index is 1240. The lowest BCUT2D eigenvalue weighted by Gasteiger charge is -2.24. The van der Waals surface area contributed by atoms with Gasteiger partial charge < -0.3 is 4.90 Å². The molecular formula is C26H22ClFN2O. The topological polar surface area (TPSA) is 33.2 Å². The van der Waals surface area contributed by atoms with Crippen molar-refractivity contribution in [1.82, 2.24) is 9.88 Å². The Morgan fingerprint density at radius 1 is 0.968 bits per heavy atom. The molecule has 4 rings (SSSR count). The SMILES string of the molecule is Cc1cc(C)c2nc(Cl)c(CN(Cc3ccc(F)cc3)C(=O)c3ccccc3)cc2c1. The van der Waals surface area contributed by atoms with Gasteiger partial charge in [-0.1, -0.05) is 53.6 Å². The van der Waals surface area contributed by atoms with Crippen LogP contribution in [0.3, 0.4) is 0 Å². The van der Waals surface area contributed by atoms with Crippen molar-refractivity contribution in [2.24, 2.45) is 0 Å². The van der Waals surface area contributed by atoms with Crippen LogP contribution in [0.4, 0.5) is 4.39 Å². The number of amides is 1. The number of carbonyl (C=O) groups is 1. The smallest absolute Gasteiger partial charge is 0.254 e. The van der Waals surface area contributed by atoms with Crippen molar-refractivity contribution in [3.05, 3.63) is 112 Å². The molecule has 0 spiro atoms. The van der Waals surface area contributed by atoms with E-state index in [9.17, 15) is 9.18 Å². The zero-order valence-corrected chi connectivity index (χ0v) is 18.2. The van der Waals surface area contributed by atoms with Crippen molar-refractivity contribution in [3.8, 4) is 0 Å². The monoisotopic (exact) mass is 432 g/mol. The zero-order chi connectivity index (χ0) is 22.0. The summed E-state index contributed by atoms with van der Waals surface area (Å²) < 4.78 is 13.4.